The Morgan fingerprint density at radius 2 is 0.923 bits per heavy atom. The lowest BCUT2D eigenvalue weighted by molar-refractivity contribution is 0.237. The standard InChI is InChI=1S/C63H60N2/c1-39-29-31-62(5)55(33-39)52-36-42(23-27-57(52)64(62)45-15-9-7-10-16-45)41-21-25-49-51(35-41)47-19-13-14-20-48(47)59-50-26-22-44(38-54(50)61(3,4)60(49)59)43-24-28-58-53(37-43)56-34-40(2)30-32-63(56,6)65(58)46-17-11-8-12-18-46/h7-28,35-40,55-56H,29-34H2,1-6H3. The summed E-state index contributed by atoms with van der Waals surface area (Å²) in [6.07, 6.45) is 7.47. The van der Waals surface area contributed by atoms with Crippen molar-refractivity contribution >= 4 is 44.3 Å². The number of hydrogen-bond donors (Lipinski definition) is 0. The van der Waals surface area contributed by atoms with E-state index in [1.54, 1.807) is 0 Å². The van der Waals surface area contributed by atoms with E-state index in [1.165, 1.54) is 138 Å². The van der Waals surface area contributed by atoms with Crippen molar-refractivity contribution in [3.8, 4) is 33.4 Å². The lowest BCUT2D eigenvalue weighted by Gasteiger charge is -2.45. The highest BCUT2D eigenvalue weighted by Crippen LogP contribution is 2.61. The molecule has 2 saturated carbocycles. The molecule has 13 rings (SSSR count). The summed E-state index contributed by atoms with van der Waals surface area (Å²) < 4.78 is 0. The number of hydrogen-bond acceptors (Lipinski definition) is 2. The molecule has 2 aliphatic heterocycles. The van der Waals surface area contributed by atoms with Crippen molar-refractivity contribution < 1.29 is 0 Å². The van der Waals surface area contributed by atoms with Gasteiger partial charge in [-0.25, -0.2) is 0 Å². The van der Waals surface area contributed by atoms with Crippen molar-refractivity contribution in [3.63, 3.8) is 0 Å². The van der Waals surface area contributed by atoms with Crippen LogP contribution in [-0.2, 0) is 5.41 Å². The van der Waals surface area contributed by atoms with Gasteiger partial charge in [0.05, 0.1) is 0 Å². The van der Waals surface area contributed by atoms with Gasteiger partial charge < -0.3 is 9.80 Å². The molecule has 8 aromatic rings. The van der Waals surface area contributed by atoms with E-state index in [4.69, 9.17) is 0 Å². The quantitative estimate of drug-likeness (QED) is 0.163. The van der Waals surface area contributed by atoms with Crippen LogP contribution in [0.25, 0.3) is 54.9 Å². The zero-order valence-electron chi connectivity index (χ0n) is 39.0. The van der Waals surface area contributed by atoms with Gasteiger partial charge in [-0.2, -0.15) is 0 Å². The Hall–Kier alpha value is -6.12. The molecule has 0 bridgehead atoms. The Balaban J connectivity index is 0.913. The fourth-order valence-corrected chi connectivity index (χ4v) is 14.3. The van der Waals surface area contributed by atoms with Crippen LogP contribution in [0.1, 0.15) is 114 Å². The molecule has 2 nitrogen and oxygen atoms in total. The van der Waals surface area contributed by atoms with Gasteiger partial charge in [-0.15, -0.1) is 0 Å². The summed E-state index contributed by atoms with van der Waals surface area (Å²) in [6.45, 7) is 14.9. The number of anilines is 4. The van der Waals surface area contributed by atoms with Crippen LogP contribution in [0.5, 0.6) is 0 Å². The average molecular weight is 845 g/mol. The minimum Gasteiger partial charge on any atom is -0.335 e. The smallest absolute Gasteiger partial charge is 0.0492 e. The monoisotopic (exact) mass is 844 g/mol. The molecule has 0 radical (unpaired) electrons. The van der Waals surface area contributed by atoms with Crippen molar-refractivity contribution in [1.29, 1.82) is 0 Å². The van der Waals surface area contributed by atoms with Crippen LogP contribution in [-0.4, -0.2) is 11.1 Å². The predicted octanol–water partition coefficient (Wildman–Crippen LogP) is 17.3. The van der Waals surface area contributed by atoms with E-state index in [9.17, 15) is 0 Å². The van der Waals surface area contributed by atoms with Crippen molar-refractivity contribution in [2.24, 2.45) is 11.8 Å². The second kappa shape index (κ2) is 13.9. The van der Waals surface area contributed by atoms with Gasteiger partial charge in [-0.3, -0.25) is 0 Å². The summed E-state index contributed by atoms with van der Waals surface area (Å²) in [5.41, 5.74) is 19.4. The van der Waals surface area contributed by atoms with Gasteiger partial charge in [0.1, 0.15) is 0 Å². The summed E-state index contributed by atoms with van der Waals surface area (Å²) in [4.78, 5) is 5.37. The zero-order valence-corrected chi connectivity index (χ0v) is 39.0. The molecule has 6 atom stereocenters. The number of nitrogens with zero attached hydrogens (tertiary/aromatic N) is 2. The van der Waals surface area contributed by atoms with Crippen molar-refractivity contribution in [2.75, 3.05) is 9.80 Å². The second-order valence-corrected chi connectivity index (χ2v) is 21.9. The molecule has 0 N–H and O–H groups in total. The van der Waals surface area contributed by atoms with Crippen molar-refractivity contribution in [1.82, 2.24) is 0 Å². The van der Waals surface area contributed by atoms with Gasteiger partial charge in [0.25, 0.3) is 0 Å². The first-order chi connectivity index (χ1) is 31.5. The molecule has 3 aliphatic carbocycles. The van der Waals surface area contributed by atoms with Crippen molar-refractivity contribution in [2.45, 2.75) is 108 Å². The van der Waals surface area contributed by atoms with Gasteiger partial charge in [0.2, 0.25) is 0 Å². The first-order valence-corrected chi connectivity index (χ1v) is 24.7. The Kier molecular flexibility index (Phi) is 8.42. The molecule has 8 aromatic carbocycles. The zero-order chi connectivity index (χ0) is 44.0. The molecule has 6 unspecified atom stereocenters. The third-order valence-electron chi connectivity index (χ3n) is 17.7. The van der Waals surface area contributed by atoms with Crippen LogP contribution in [0.15, 0.2) is 158 Å². The van der Waals surface area contributed by atoms with E-state index in [0.29, 0.717) is 11.8 Å². The molecule has 322 valence electrons. The molecular formula is C63H60N2. The van der Waals surface area contributed by atoms with Gasteiger partial charge >= 0.3 is 0 Å². The minimum atomic E-state index is -0.181. The Bertz CT molecular complexity index is 3230. The Morgan fingerprint density at radius 1 is 0.446 bits per heavy atom. The molecular weight excluding hydrogens is 785 g/mol. The van der Waals surface area contributed by atoms with Crippen molar-refractivity contribution in [3.05, 3.63) is 180 Å². The van der Waals surface area contributed by atoms with Crippen LogP contribution >= 0.6 is 0 Å². The maximum atomic E-state index is 2.68. The number of fused-ring (bicyclic) bond motifs is 14. The Labute approximate surface area is 386 Å². The number of benzene rings is 8. The van der Waals surface area contributed by atoms with Crippen LogP contribution in [0.3, 0.4) is 0 Å². The van der Waals surface area contributed by atoms with E-state index in [-0.39, 0.29) is 16.5 Å². The Morgan fingerprint density at radius 3 is 1.49 bits per heavy atom. The molecule has 2 fully saturated rings. The summed E-state index contributed by atoms with van der Waals surface area (Å²) in [7, 11) is 0. The summed E-state index contributed by atoms with van der Waals surface area (Å²) in [5.74, 6) is 2.48. The molecule has 2 heterocycles. The third kappa shape index (κ3) is 5.52. The van der Waals surface area contributed by atoms with E-state index >= 15 is 0 Å². The molecule has 0 saturated heterocycles. The summed E-state index contributed by atoms with van der Waals surface area (Å²) in [5, 5.41) is 5.43. The lowest BCUT2D eigenvalue weighted by Crippen LogP contribution is -2.46. The summed E-state index contributed by atoms with van der Waals surface area (Å²) in [6, 6.07) is 61.0. The maximum Gasteiger partial charge on any atom is 0.0492 e. The fourth-order valence-electron chi connectivity index (χ4n) is 14.3. The summed E-state index contributed by atoms with van der Waals surface area (Å²) >= 11 is 0. The molecule has 2 heteroatoms. The molecule has 5 aliphatic rings. The largest absolute Gasteiger partial charge is 0.335 e. The average Bonchev–Trinajstić information content (AvgIpc) is 3.85. The van der Waals surface area contributed by atoms with E-state index in [1.807, 2.05) is 0 Å². The van der Waals surface area contributed by atoms with Crippen LogP contribution in [0, 0.1) is 11.8 Å². The topological polar surface area (TPSA) is 6.48 Å². The van der Waals surface area contributed by atoms with E-state index in [2.05, 4.69) is 209 Å². The minimum absolute atomic E-state index is 0.0784. The van der Waals surface area contributed by atoms with Crippen LogP contribution < -0.4 is 9.80 Å². The van der Waals surface area contributed by atoms with Gasteiger partial charge in [0, 0.05) is 51.1 Å². The highest BCUT2D eigenvalue weighted by molar-refractivity contribution is 6.19. The fraction of sp³-hybridized carbons (Fsp3) is 0.302. The first-order valence-electron chi connectivity index (χ1n) is 24.7. The van der Waals surface area contributed by atoms with E-state index < -0.39 is 0 Å². The van der Waals surface area contributed by atoms with Gasteiger partial charge in [-0.1, -0.05) is 125 Å². The van der Waals surface area contributed by atoms with Gasteiger partial charge in [-0.05, 0) is 202 Å². The SMILES string of the molecule is CC1CCC2(C)C(C1)c1cc(-c3ccc4c(c3)C(C)(C)c3c-4c4ccccc4c4cc(-c5ccc6c(c5)C5CC(C)CCC5(C)N6c5ccccc5)ccc34)ccc1N2c1ccccc1. The van der Waals surface area contributed by atoms with Gasteiger partial charge in [0.15, 0.2) is 0 Å². The number of rotatable bonds is 4. The lowest BCUT2D eigenvalue weighted by atomic mass is 9.69. The predicted molar refractivity (Wildman–Crippen MR) is 275 cm³/mol. The first kappa shape index (κ1) is 39.3. The normalized spacial score (nSPS) is 25.8. The van der Waals surface area contributed by atoms with E-state index in [0.717, 1.165) is 11.8 Å². The second-order valence-electron chi connectivity index (χ2n) is 21.9. The molecule has 65 heavy (non-hydrogen) atoms. The molecule has 0 spiro atoms. The van der Waals surface area contributed by atoms with Crippen LogP contribution in [0.2, 0.25) is 0 Å². The highest BCUT2D eigenvalue weighted by Gasteiger charge is 2.52. The molecule has 0 aromatic heterocycles. The highest BCUT2D eigenvalue weighted by atomic mass is 15.2. The third-order valence-corrected chi connectivity index (χ3v) is 17.7. The number of para-hydroxylation sites is 2. The maximum absolute atomic E-state index is 2.68. The molecule has 0 amide bonds. The van der Waals surface area contributed by atoms with Crippen LogP contribution in [0.4, 0.5) is 22.7 Å².